The lowest BCUT2D eigenvalue weighted by Gasteiger charge is -2.13. The summed E-state index contributed by atoms with van der Waals surface area (Å²) < 4.78 is 15.0. The molecule has 0 spiro atoms. The molecule has 3 rings (SSSR count). The number of carbonyl (C=O) groups excluding carboxylic acids is 4. The van der Waals surface area contributed by atoms with Crippen molar-refractivity contribution in [3.63, 3.8) is 0 Å². The Morgan fingerprint density at radius 1 is 0.966 bits per heavy atom. The third-order valence-electron chi connectivity index (χ3n) is 4.55. The van der Waals surface area contributed by atoms with E-state index in [1.54, 1.807) is 20.8 Å². The summed E-state index contributed by atoms with van der Waals surface area (Å²) in [7, 11) is 0. The van der Waals surface area contributed by atoms with Crippen LogP contribution >= 0.6 is 0 Å². The summed E-state index contributed by atoms with van der Waals surface area (Å²) in [6.07, 6.45) is 2.43. The molecule has 11 nitrogen and oxygen atoms in total. The summed E-state index contributed by atoms with van der Waals surface area (Å²) in [6, 6.07) is 0. The SMILES string of the molecule is CCOC(=O)C1(C(=O)NNC(C)=O)CC1.CCOC(=O)C1(c2nnc(C)o2)CC1. The normalized spacial score (nSPS) is 17.1. The Morgan fingerprint density at radius 3 is 1.97 bits per heavy atom. The van der Waals surface area contributed by atoms with Crippen LogP contribution < -0.4 is 10.9 Å². The highest BCUT2D eigenvalue weighted by Crippen LogP contribution is 2.48. The van der Waals surface area contributed by atoms with Gasteiger partial charge in [-0.15, -0.1) is 10.2 Å². The van der Waals surface area contributed by atoms with Crippen molar-refractivity contribution in [1.82, 2.24) is 21.0 Å². The number of nitrogens with zero attached hydrogens (tertiary/aromatic N) is 2. The molecule has 2 fully saturated rings. The summed E-state index contributed by atoms with van der Waals surface area (Å²) in [4.78, 5) is 45.1. The molecule has 0 atom stereocenters. The molecule has 2 aliphatic rings. The van der Waals surface area contributed by atoms with Crippen LogP contribution in [0.3, 0.4) is 0 Å². The van der Waals surface area contributed by atoms with Crippen molar-refractivity contribution in [2.24, 2.45) is 5.41 Å². The Kier molecular flexibility index (Phi) is 6.93. The Bertz CT molecular complexity index is 781. The predicted molar refractivity (Wildman–Crippen MR) is 96.8 cm³/mol. The number of aryl methyl sites for hydroxylation is 1. The lowest BCUT2D eigenvalue weighted by molar-refractivity contribution is -0.155. The lowest BCUT2D eigenvalue weighted by Crippen LogP contribution is -2.47. The van der Waals surface area contributed by atoms with Crippen LogP contribution in [0.25, 0.3) is 0 Å². The Hall–Kier alpha value is -2.98. The van der Waals surface area contributed by atoms with Crippen LogP contribution in [0.2, 0.25) is 0 Å². The van der Waals surface area contributed by atoms with Gasteiger partial charge in [0.2, 0.25) is 17.7 Å². The first-order valence-electron chi connectivity index (χ1n) is 9.44. The summed E-state index contributed by atoms with van der Waals surface area (Å²) >= 11 is 0. The topological polar surface area (TPSA) is 150 Å². The molecule has 2 aliphatic carbocycles. The molecule has 0 aliphatic heterocycles. The van der Waals surface area contributed by atoms with E-state index in [2.05, 4.69) is 21.0 Å². The molecule has 2 saturated carbocycles. The number of ether oxygens (including phenoxy) is 2. The molecule has 1 aromatic rings. The minimum Gasteiger partial charge on any atom is -0.465 e. The third-order valence-corrected chi connectivity index (χ3v) is 4.55. The first kappa shape index (κ1) is 22.3. The van der Waals surface area contributed by atoms with Gasteiger partial charge < -0.3 is 13.9 Å². The fourth-order valence-corrected chi connectivity index (χ4v) is 2.57. The molecule has 2 amide bonds. The largest absolute Gasteiger partial charge is 0.465 e. The van der Waals surface area contributed by atoms with E-state index in [1.165, 1.54) is 6.92 Å². The van der Waals surface area contributed by atoms with E-state index < -0.39 is 22.7 Å². The van der Waals surface area contributed by atoms with E-state index >= 15 is 0 Å². The minimum atomic E-state index is -1.07. The van der Waals surface area contributed by atoms with Crippen molar-refractivity contribution in [2.75, 3.05) is 13.2 Å². The summed E-state index contributed by atoms with van der Waals surface area (Å²) in [5.41, 5.74) is 2.63. The fourth-order valence-electron chi connectivity index (χ4n) is 2.57. The zero-order valence-corrected chi connectivity index (χ0v) is 17.0. The van der Waals surface area contributed by atoms with Crippen LogP contribution in [-0.4, -0.2) is 47.2 Å². The Balaban J connectivity index is 0.000000207. The number of aromatic nitrogens is 2. The number of rotatable bonds is 6. The van der Waals surface area contributed by atoms with Crippen molar-refractivity contribution in [2.45, 2.75) is 58.8 Å². The van der Waals surface area contributed by atoms with Gasteiger partial charge in [0.25, 0.3) is 5.91 Å². The number of hydrazine groups is 1. The van der Waals surface area contributed by atoms with Crippen LogP contribution in [0.5, 0.6) is 0 Å². The van der Waals surface area contributed by atoms with Gasteiger partial charge in [0.05, 0.1) is 13.2 Å². The van der Waals surface area contributed by atoms with Gasteiger partial charge in [-0.2, -0.15) is 0 Å². The van der Waals surface area contributed by atoms with Crippen molar-refractivity contribution >= 4 is 23.8 Å². The summed E-state index contributed by atoms with van der Waals surface area (Å²) in [5.74, 6) is -0.778. The fraction of sp³-hybridized carbons (Fsp3) is 0.667. The average Bonchev–Trinajstić information content (AvgIpc) is 3.59. The second-order valence-electron chi connectivity index (χ2n) is 6.87. The van der Waals surface area contributed by atoms with E-state index in [0.717, 1.165) is 12.8 Å². The first-order chi connectivity index (χ1) is 13.7. The average molecular weight is 410 g/mol. The van der Waals surface area contributed by atoms with E-state index in [9.17, 15) is 19.2 Å². The summed E-state index contributed by atoms with van der Waals surface area (Å²) in [6.45, 7) is 7.07. The quantitative estimate of drug-likeness (QED) is 0.387. The molecule has 160 valence electrons. The number of hydrogen-bond donors (Lipinski definition) is 2. The highest BCUT2D eigenvalue weighted by atomic mass is 16.5. The number of hydrogen-bond acceptors (Lipinski definition) is 9. The molecule has 0 saturated heterocycles. The van der Waals surface area contributed by atoms with E-state index in [-0.39, 0.29) is 18.5 Å². The van der Waals surface area contributed by atoms with Gasteiger partial charge in [-0.25, -0.2) is 0 Å². The van der Waals surface area contributed by atoms with Crippen molar-refractivity contribution < 1.29 is 33.1 Å². The highest BCUT2D eigenvalue weighted by Gasteiger charge is 2.58. The number of esters is 2. The monoisotopic (exact) mass is 410 g/mol. The van der Waals surface area contributed by atoms with Gasteiger partial charge in [0.1, 0.15) is 10.8 Å². The lowest BCUT2D eigenvalue weighted by atomic mass is 10.1. The first-order valence-corrected chi connectivity index (χ1v) is 9.44. The van der Waals surface area contributed by atoms with Crippen LogP contribution in [0.4, 0.5) is 0 Å². The second kappa shape index (κ2) is 9.01. The van der Waals surface area contributed by atoms with Gasteiger partial charge in [-0.05, 0) is 39.5 Å². The smallest absolute Gasteiger partial charge is 0.321 e. The molecule has 0 unspecified atom stereocenters. The van der Waals surface area contributed by atoms with Gasteiger partial charge >= 0.3 is 11.9 Å². The maximum absolute atomic E-state index is 11.6. The molecule has 1 aromatic heterocycles. The Morgan fingerprint density at radius 2 is 1.55 bits per heavy atom. The molecule has 11 heteroatoms. The van der Waals surface area contributed by atoms with Gasteiger partial charge in [-0.3, -0.25) is 30.0 Å². The minimum absolute atomic E-state index is 0.244. The predicted octanol–water partition coefficient (Wildman–Crippen LogP) is 0.470. The second-order valence-corrected chi connectivity index (χ2v) is 6.87. The molecular formula is C18H26N4O7. The van der Waals surface area contributed by atoms with Gasteiger partial charge in [-0.1, -0.05) is 0 Å². The van der Waals surface area contributed by atoms with Crippen LogP contribution in [0, 0.1) is 12.3 Å². The summed E-state index contributed by atoms with van der Waals surface area (Å²) in [5, 5.41) is 7.58. The molecule has 0 radical (unpaired) electrons. The maximum Gasteiger partial charge on any atom is 0.321 e. The zero-order chi connectivity index (χ0) is 21.7. The van der Waals surface area contributed by atoms with E-state index in [4.69, 9.17) is 13.9 Å². The zero-order valence-electron chi connectivity index (χ0n) is 17.0. The van der Waals surface area contributed by atoms with Gasteiger partial charge in [0.15, 0.2) is 0 Å². The third kappa shape index (κ3) is 5.09. The van der Waals surface area contributed by atoms with Crippen molar-refractivity contribution in [3.8, 4) is 0 Å². The van der Waals surface area contributed by atoms with Gasteiger partial charge in [0, 0.05) is 13.8 Å². The number of amides is 2. The maximum atomic E-state index is 11.6. The highest BCUT2D eigenvalue weighted by molar-refractivity contribution is 6.05. The van der Waals surface area contributed by atoms with Crippen LogP contribution in [0.1, 0.15) is 58.2 Å². The van der Waals surface area contributed by atoms with Crippen LogP contribution in [-0.2, 0) is 34.1 Å². The number of nitrogens with one attached hydrogen (secondary N) is 2. The van der Waals surface area contributed by atoms with E-state index in [0.29, 0.717) is 31.2 Å². The van der Waals surface area contributed by atoms with E-state index in [1.807, 2.05) is 0 Å². The van der Waals surface area contributed by atoms with Crippen LogP contribution in [0.15, 0.2) is 4.42 Å². The van der Waals surface area contributed by atoms with Crippen molar-refractivity contribution in [1.29, 1.82) is 0 Å². The molecule has 1 heterocycles. The molecular weight excluding hydrogens is 384 g/mol. The molecule has 0 aromatic carbocycles. The molecule has 0 bridgehead atoms. The molecule has 29 heavy (non-hydrogen) atoms. The molecule has 2 N–H and O–H groups in total. The standard InChI is InChI=1S/C9H14N2O4.C9H12N2O3/c1-3-15-8(14)9(4-5-9)7(13)11-10-6(2)12;1-3-13-8(12)9(4-5-9)7-11-10-6(2)14-7/h3-5H2,1-2H3,(H,10,12)(H,11,13);3-5H2,1-2H3. The number of carbonyl (C=O) groups is 4. The Labute approximate surface area is 167 Å². The van der Waals surface area contributed by atoms with Crippen molar-refractivity contribution in [3.05, 3.63) is 11.8 Å².